The zero-order chi connectivity index (χ0) is 17.9. The summed E-state index contributed by atoms with van der Waals surface area (Å²) in [6.07, 6.45) is 0.528. The number of nitro benzene ring substituents is 1. The van der Waals surface area contributed by atoms with Crippen LogP contribution in [0, 0.1) is 29.9 Å². The molecule has 2 N–H and O–H groups in total. The van der Waals surface area contributed by atoms with E-state index in [9.17, 15) is 18.5 Å². The normalized spacial score (nSPS) is 13.6. The third-order valence-corrected chi connectivity index (χ3v) is 6.12. The van der Waals surface area contributed by atoms with Gasteiger partial charge in [-0.15, -0.1) is 0 Å². The van der Waals surface area contributed by atoms with Crippen LogP contribution in [0.4, 0.5) is 5.69 Å². The van der Waals surface area contributed by atoms with Crippen molar-refractivity contribution in [3.05, 3.63) is 33.4 Å². The van der Waals surface area contributed by atoms with Crippen LogP contribution in [0.25, 0.3) is 0 Å². The maximum absolute atomic E-state index is 12.7. The summed E-state index contributed by atoms with van der Waals surface area (Å²) in [6, 6.07) is 2.40. The van der Waals surface area contributed by atoms with Gasteiger partial charge >= 0.3 is 0 Å². The van der Waals surface area contributed by atoms with Crippen LogP contribution in [-0.4, -0.2) is 37.3 Å². The molecule has 0 aliphatic heterocycles. The number of nitrogens with zero attached hydrogens (tertiary/aromatic N) is 2. The Balaban J connectivity index is 3.15. The molecule has 0 saturated carbocycles. The largest absolute Gasteiger partial charge is 0.327 e. The molecule has 0 aromatic heterocycles. The Kier molecular flexibility index (Phi) is 6.26. The minimum absolute atomic E-state index is 0.0233. The summed E-state index contributed by atoms with van der Waals surface area (Å²) in [5.41, 5.74) is 6.83. The second-order valence-electron chi connectivity index (χ2n) is 6.17. The lowest BCUT2D eigenvalue weighted by Crippen LogP contribution is -2.35. The first-order valence-electron chi connectivity index (χ1n) is 7.46. The van der Waals surface area contributed by atoms with Crippen LogP contribution < -0.4 is 5.73 Å². The number of nitrogens with two attached hydrogens (primary N) is 1. The lowest BCUT2D eigenvalue weighted by Gasteiger charge is -2.22. The van der Waals surface area contributed by atoms with E-state index < -0.39 is 14.9 Å². The van der Waals surface area contributed by atoms with Crippen molar-refractivity contribution in [2.75, 3.05) is 13.6 Å². The van der Waals surface area contributed by atoms with E-state index in [4.69, 9.17) is 5.73 Å². The molecule has 0 aliphatic carbocycles. The predicted octanol–water partition coefficient (Wildman–Crippen LogP) is 2.21. The molecule has 0 heterocycles. The van der Waals surface area contributed by atoms with Gasteiger partial charge in [0.15, 0.2) is 0 Å². The Hall–Kier alpha value is -1.51. The first-order chi connectivity index (χ1) is 10.5. The molecule has 0 fully saturated rings. The number of nitro groups is 1. The molecule has 8 heteroatoms. The second kappa shape index (κ2) is 7.37. The summed E-state index contributed by atoms with van der Waals surface area (Å²) in [4.78, 5) is 10.4. The van der Waals surface area contributed by atoms with Gasteiger partial charge in [0.25, 0.3) is 5.69 Å². The minimum Gasteiger partial charge on any atom is -0.327 e. The fourth-order valence-electron chi connectivity index (χ4n) is 2.13. The van der Waals surface area contributed by atoms with Gasteiger partial charge in [-0.1, -0.05) is 13.8 Å². The van der Waals surface area contributed by atoms with Crippen LogP contribution in [0.5, 0.6) is 0 Å². The molecule has 1 aromatic carbocycles. The van der Waals surface area contributed by atoms with Crippen LogP contribution in [0.2, 0.25) is 0 Å². The van der Waals surface area contributed by atoms with Gasteiger partial charge in [-0.25, -0.2) is 12.7 Å². The molecule has 130 valence electrons. The predicted molar refractivity (Wildman–Crippen MR) is 89.8 cm³/mol. The fourth-order valence-corrected chi connectivity index (χ4v) is 3.63. The molecule has 1 unspecified atom stereocenters. The number of non-ortho nitro benzene ring substituents is 1. The lowest BCUT2D eigenvalue weighted by molar-refractivity contribution is -0.385. The van der Waals surface area contributed by atoms with E-state index in [-0.39, 0.29) is 29.1 Å². The highest BCUT2D eigenvalue weighted by atomic mass is 32.2. The number of aryl methyl sites for hydroxylation is 1. The molecule has 0 radical (unpaired) electrons. The van der Waals surface area contributed by atoms with Crippen molar-refractivity contribution in [3.8, 4) is 0 Å². The molecule has 7 nitrogen and oxygen atoms in total. The first-order valence-corrected chi connectivity index (χ1v) is 8.90. The molecule has 0 bridgehead atoms. The summed E-state index contributed by atoms with van der Waals surface area (Å²) in [7, 11) is -2.33. The van der Waals surface area contributed by atoms with Crippen molar-refractivity contribution in [1.82, 2.24) is 4.31 Å². The van der Waals surface area contributed by atoms with Crippen LogP contribution in [-0.2, 0) is 10.0 Å². The molecule has 0 saturated heterocycles. The van der Waals surface area contributed by atoms with Crippen molar-refractivity contribution in [2.24, 2.45) is 11.7 Å². The summed E-state index contributed by atoms with van der Waals surface area (Å²) in [5, 5.41) is 11.0. The van der Waals surface area contributed by atoms with Gasteiger partial charge in [-0.2, -0.15) is 0 Å². The van der Waals surface area contributed by atoms with Crippen molar-refractivity contribution in [1.29, 1.82) is 0 Å². The molecule has 1 atom stereocenters. The second-order valence-corrected chi connectivity index (χ2v) is 8.18. The zero-order valence-electron chi connectivity index (χ0n) is 14.2. The SMILES string of the molecule is Cc1cc([N+](=O)[O-])cc(S(=O)(=O)N(C)CCC(N)C(C)C)c1C. The zero-order valence-corrected chi connectivity index (χ0v) is 15.1. The van der Waals surface area contributed by atoms with Crippen LogP contribution in [0.15, 0.2) is 17.0 Å². The molecule has 23 heavy (non-hydrogen) atoms. The van der Waals surface area contributed by atoms with E-state index in [1.165, 1.54) is 17.4 Å². The van der Waals surface area contributed by atoms with Crippen LogP contribution in [0.1, 0.15) is 31.4 Å². The van der Waals surface area contributed by atoms with Gasteiger partial charge in [0.05, 0.1) is 9.82 Å². The van der Waals surface area contributed by atoms with E-state index >= 15 is 0 Å². The van der Waals surface area contributed by atoms with E-state index in [0.29, 0.717) is 17.5 Å². The average Bonchev–Trinajstić information content (AvgIpc) is 2.46. The topological polar surface area (TPSA) is 107 Å². The van der Waals surface area contributed by atoms with Gasteiger partial charge in [0.1, 0.15) is 0 Å². The highest BCUT2D eigenvalue weighted by Gasteiger charge is 2.26. The smallest absolute Gasteiger partial charge is 0.271 e. The van der Waals surface area contributed by atoms with Crippen LogP contribution in [0.3, 0.4) is 0 Å². The van der Waals surface area contributed by atoms with Gasteiger partial charge in [-0.05, 0) is 37.3 Å². The Morgan fingerprint density at radius 2 is 1.87 bits per heavy atom. The average molecular weight is 343 g/mol. The fraction of sp³-hybridized carbons (Fsp3) is 0.600. The molecular weight excluding hydrogens is 318 g/mol. The Morgan fingerprint density at radius 3 is 2.35 bits per heavy atom. The molecule has 0 amide bonds. The highest BCUT2D eigenvalue weighted by molar-refractivity contribution is 7.89. The van der Waals surface area contributed by atoms with Crippen molar-refractivity contribution in [2.45, 2.75) is 45.1 Å². The number of hydrogen-bond donors (Lipinski definition) is 1. The van der Waals surface area contributed by atoms with Crippen molar-refractivity contribution in [3.63, 3.8) is 0 Å². The van der Waals surface area contributed by atoms with E-state index in [0.717, 1.165) is 6.07 Å². The first kappa shape index (κ1) is 19.5. The van der Waals surface area contributed by atoms with Crippen molar-refractivity contribution >= 4 is 15.7 Å². The number of benzene rings is 1. The number of rotatable bonds is 7. The summed E-state index contributed by atoms with van der Waals surface area (Å²) in [5.74, 6) is 0.257. The standard InChI is InChI=1S/C15H25N3O4S/c1-10(2)14(16)6-7-17(5)23(21,22)15-9-13(18(19)20)8-11(3)12(15)4/h8-10,14H,6-7,16H2,1-5H3. The molecule has 1 aromatic rings. The van der Waals surface area contributed by atoms with Gasteiger partial charge < -0.3 is 5.73 Å². The van der Waals surface area contributed by atoms with Gasteiger partial charge in [-0.3, -0.25) is 10.1 Å². The Bertz CT molecular complexity index is 686. The van der Waals surface area contributed by atoms with Crippen LogP contribution >= 0.6 is 0 Å². The van der Waals surface area contributed by atoms with Crippen molar-refractivity contribution < 1.29 is 13.3 Å². The molecule has 1 rings (SSSR count). The van der Waals surface area contributed by atoms with Gasteiger partial charge in [0.2, 0.25) is 10.0 Å². The highest BCUT2D eigenvalue weighted by Crippen LogP contribution is 2.27. The Morgan fingerprint density at radius 1 is 1.30 bits per heavy atom. The third-order valence-electron chi connectivity index (χ3n) is 4.14. The maximum Gasteiger partial charge on any atom is 0.271 e. The third kappa shape index (κ3) is 4.49. The quantitative estimate of drug-likeness (QED) is 0.603. The Labute approximate surface area is 137 Å². The maximum atomic E-state index is 12.7. The van der Waals surface area contributed by atoms with E-state index in [2.05, 4.69) is 0 Å². The molecular formula is C15H25N3O4S. The van der Waals surface area contributed by atoms with E-state index in [1.54, 1.807) is 13.8 Å². The molecule has 0 spiro atoms. The molecule has 0 aliphatic rings. The summed E-state index contributed by atoms with van der Waals surface area (Å²) >= 11 is 0. The van der Waals surface area contributed by atoms with E-state index in [1.807, 2.05) is 13.8 Å². The monoisotopic (exact) mass is 343 g/mol. The number of sulfonamides is 1. The minimum atomic E-state index is -3.80. The van der Waals surface area contributed by atoms with Gasteiger partial charge in [0, 0.05) is 31.8 Å². The summed E-state index contributed by atoms with van der Waals surface area (Å²) in [6.45, 7) is 7.54. The number of hydrogen-bond acceptors (Lipinski definition) is 5. The summed E-state index contributed by atoms with van der Waals surface area (Å²) < 4.78 is 26.7. The lowest BCUT2D eigenvalue weighted by atomic mass is 10.0.